The van der Waals surface area contributed by atoms with Crippen LogP contribution < -0.4 is 10.5 Å². The zero-order valence-electron chi connectivity index (χ0n) is 9.97. The van der Waals surface area contributed by atoms with Crippen molar-refractivity contribution in [2.45, 2.75) is 0 Å². The highest BCUT2D eigenvalue weighted by Gasteiger charge is 2.10. The molecule has 90 valence electrons. The molecule has 1 aromatic heterocycles. The number of hydrogen-bond donors (Lipinski definition) is 2. The van der Waals surface area contributed by atoms with E-state index in [0.717, 1.165) is 22.4 Å². The van der Waals surface area contributed by atoms with Gasteiger partial charge < -0.3 is 15.5 Å². The maximum Gasteiger partial charge on any atom is 0.142 e. The van der Waals surface area contributed by atoms with E-state index >= 15 is 0 Å². The van der Waals surface area contributed by atoms with Crippen LogP contribution in [0.5, 0.6) is 5.75 Å². The fourth-order valence-electron chi connectivity index (χ4n) is 1.98. The first kappa shape index (κ1) is 10.7. The number of H-pyrrole nitrogens is 1. The summed E-state index contributed by atoms with van der Waals surface area (Å²) in [6.45, 7) is 0. The molecule has 0 spiro atoms. The molecule has 18 heavy (non-hydrogen) atoms. The summed E-state index contributed by atoms with van der Waals surface area (Å²) in [5, 5.41) is 0. The van der Waals surface area contributed by atoms with Gasteiger partial charge in [-0.15, -0.1) is 0 Å². The van der Waals surface area contributed by atoms with Crippen LogP contribution in [0.15, 0.2) is 42.5 Å². The van der Waals surface area contributed by atoms with E-state index < -0.39 is 0 Å². The monoisotopic (exact) mass is 239 g/mol. The lowest BCUT2D eigenvalue weighted by Gasteiger charge is -2.06. The second-order valence-electron chi connectivity index (χ2n) is 4.06. The lowest BCUT2D eigenvalue weighted by atomic mass is 10.1. The summed E-state index contributed by atoms with van der Waals surface area (Å²) in [6.07, 6.45) is 0. The van der Waals surface area contributed by atoms with Crippen molar-refractivity contribution in [3.8, 4) is 17.1 Å². The third-order valence-electron chi connectivity index (χ3n) is 2.87. The van der Waals surface area contributed by atoms with E-state index in [1.165, 1.54) is 0 Å². The third-order valence-corrected chi connectivity index (χ3v) is 2.87. The molecule has 3 aromatic rings. The Morgan fingerprint density at radius 3 is 2.78 bits per heavy atom. The molecule has 4 nitrogen and oxygen atoms in total. The molecule has 3 N–H and O–H groups in total. The van der Waals surface area contributed by atoms with Crippen LogP contribution in [0, 0.1) is 0 Å². The van der Waals surface area contributed by atoms with Crippen molar-refractivity contribution in [2.24, 2.45) is 0 Å². The van der Waals surface area contributed by atoms with Gasteiger partial charge in [-0.1, -0.05) is 12.1 Å². The minimum atomic E-state index is 0.673. The van der Waals surface area contributed by atoms with Gasteiger partial charge in [0.25, 0.3) is 0 Å². The normalized spacial score (nSPS) is 10.7. The van der Waals surface area contributed by atoms with Crippen LogP contribution in [0.1, 0.15) is 0 Å². The van der Waals surface area contributed by atoms with Crippen molar-refractivity contribution in [3.05, 3.63) is 42.5 Å². The second-order valence-corrected chi connectivity index (χ2v) is 4.06. The number of fused-ring (bicyclic) bond motifs is 1. The number of nitrogen functional groups attached to an aromatic ring is 1. The molecular weight excluding hydrogens is 226 g/mol. The first-order chi connectivity index (χ1) is 8.78. The summed E-state index contributed by atoms with van der Waals surface area (Å²) in [4.78, 5) is 7.82. The van der Waals surface area contributed by atoms with Crippen LogP contribution in [0.4, 0.5) is 5.69 Å². The quantitative estimate of drug-likeness (QED) is 0.676. The zero-order chi connectivity index (χ0) is 12.5. The average molecular weight is 239 g/mol. The Hall–Kier alpha value is -2.49. The Kier molecular flexibility index (Phi) is 2.41. The number of aromatic amines is 1. The molecule has 0 aliphatic heterocycles. The lowest BCUT2D eigenvalue weighted by Crippen LogP contribution is -1.92. The van der Waals surface area contributed by atoms with Crippen LogP contribution in [0.25, 0.3) is 22.4 Å². The maximum atomic E-state index is 5.75. The van der Waals surface area contributed by atoms with Crippen molar-refractivity contribution in [3.63, 3.8) is 0 Å². The fourth-order valence-corrected chi connectivity index (χ4v) is 1.98. The average Bonchev–Trinajstić information content (AvgIpc) is 2.82. The summed E-state index contributed by atoms with van der Waals surface area (Å²) in [5.41, 5.74) is 9.27. The fraction of sp³-hybridized carbons (Fsp3) is 0.0714. The highest BCUT2D eigenvalue weighted by molar-refractivity contribution is 5.81. The summed E-state index contributed by atoms with van der Waals surface area (Å²) >= 11 is 0. The number of rotatable bonds is 2. The van der Waals surface area contributed by atoms with E-state index in [1.807, 2.05) is 36.4 Å². The molecule has 0 radical (unpaired) electrons. The van der Waals surface area contributed by atoms with Gasteiger partial charge in [-0.05, 0) is 24.3 Å². The highest BCUT2D eigenvalue weighted by Crippen LogP contribution is 2.30. The number of imidazole rings is 1. The maximum absolute atomic E-state index is 5.75. The molecule has 0 aliphatic carbocycles. The SMILES string of the molecule is COc1cc(N)ccc1-c1nc2ccccc2[nH]1. The number of aromatic nitrogens is 2. The Morgan fingerprint density at radius 1 is 1.17 bits per heavy atom. The molecule has 0 bridgehead atoms. The molecule has 4 heteroatoms. The summed E-state index contributed by atoms with van der Waals surface area (Å²) in [6, 6.07) is 13.5. The van der Waals surface area contributed by atoms with Crippen LogP contribution in [0.3, 0.4) is 0 Å². The molecule has 3 rings (SSSR count). The van der Waals surface area contributed by atoms with Gasteiger partial charge >= 0.3 is 0 Å². The Balaban J connectivity index is 2.19. The van der Waals surface area contributed by atoms with Crippen LogP contribution >= 0.6 is 0 Å². The predicted molar refractivity (Wildman–Crippen MR) is 72.5 cm³/mol. The molecule has 0 amide bonds. The minimum Gasteiger partial charge on any atom is -0.496 e. The van der Waals surface area contributed by atoms with E-state index in [1.54, 1.807) is 13.2 Å². The first-order valence-electron chi connectivity index (χ1n) is 5.66. The van der Waals surface area contributed by atoms with Crippen molar-refractivity contribution in [1.82, 2.24) is 9.97 Å². The van der Waals surface area contributed by atoms with E-state index in [-0.39, 0.29) is 0 Å². The van der Waals surface area contributed by atoms with Gasteiger partial charge in [-0.3, -0.25) is 0 Å². The molecule has 0 aliphatic rings. The Bertz CT molecular complexity index is 670. The predicted octanol–water partition coefficient (Wildman–Crippen LogP) is 2.82. The second kappa shape index (κ2) is 4.07. The van der Waals surface area contributed by atoms with E-state index in [4.69, 9.17) is 10.5 Å². The molecular formula is C14H13N3O. The molecule has 0 unspecified atom stereocenters. The number of nitrogens with zero attached hydrogens (tertiary/aromatic N) is 1. The number of anilines is 1. The van der Waals surface area contributed by atoms with Crippen LogP contribution in [-0.2, 0) is 0 Å². The van der Waals surface area contributed by atoms with Gasteiger partial charge in [0.05, 0.1) is 23.7 Å². The molecule has 0 atom stereocenters. The molecule has 0 fully saturated rings. The Morgan fingerprint density at radius 2 is 2.00 bits per heavy atom. The highest BCUT2D eigenvalue weighted by atomic mass is 16.5. The van der Waals surface area contributed by atoms with Gasteiger partial charge in [0.15, 0.2) is 0 Å². The van der Waals surface area contributed by atoms with Gasteiger partial charge in [0.2, 0.25) is 0 Å². The number of hydrogen-bond acceptors (Lipinski definition) is 3. The largest absolute Gasteiger partial charge is 0.496 e. The van der Waals surface area contributed by atoms with Crippen LogP contribution in [0.2, 0.25) is 0 Å². The molecule has 0 saturated heterocycles. The number of methoxy groups -OCH3 is 1. The standard InChI is InChI=1S/C14H13N3O/c1-18-13-8-9(15)6-7-10(13)14-16-11-4-2-3-5-12(11)17-14/h2-8H,15H2,1H3,(H,16,17). The van der Waals surface area contributed by atoms with Crippen molar-refractivity contribution in [2.75, 3.05) is 12.8 Å². The van der Waals surface area contributed by atoms with E-state index in [2.05, 4.69) is 9.97 Å². The van der Waals surface area contributed by atoms with Gasteiger partial charge in [0, 0.05) is 11.8 Å². The smallest absolute Gasteiger partial charge is 0.142 e. The van der Waals surface area contributed by atoms with Gasteiger partial charge in [0.1, 0.15) is 11.6 Å². The molecule has 0 saturated carbocycles. The first-order valence-corrected chi connectivity index (χ1v) is 5.66. The van der Waals surface area contributed by atoms with Crippen LogP contribution in [-0.4, -0.2) is 17.1 Å². The van der Waals surface area contributed by atoms with Crippen molar-refractivity contribution < 1.29 is 4.74 Å². The summed E-state index contributed by atoms with van der Waals surface area (Å²) in [7, 11) is 1.63. The van der Waals surface area contributed by atoms with E-state index in [0.29, 0.717) is 11.4 Å². The molecule has 1 heterocycles. The zero-order valence-corrected chi connectivity index (χ0v) is 9.97. The third kappa shape index (κ3) is 1.68. The lowest BCUT2D eigenvalue weighted by molar-refractivity contribution is 0.416. The van der Waals surface area contributed by atoms with Gasteiger partial charge in [-0.2, -0.15) is 0 Å². The van der Waals surface area contributed by atoms with E-state index in [9.17, 15) is 0 Å². The molecule has 2 aromatic carbocycles. The number of ether oxygens (including phenoxy) is 1. The number of benzene rings is 2. The minimum absolute atomic E-state index is 0.673. The van der Waals surface area contributed by atoms with Crippen molar-refractivity contribution >= 4 is 16.7 Å². The topological polar surface area (TPSA) is 63.9 Å². The Labute approximate surface area is 104 Å². The summed E-state index contributed by atoms with van der Waals surface area (Å²) in [5.74, 6) is 1.50. The van der Waals surface area contributed by atoms with Gasteiger partial charge in [-0.25, -0.2) is 4.98 Å². The summed E-state index contributed by atoms with van der Waals surface area (Å²) < 4.78 is 5.34. The van der Waals surface area contributed by atoms with Crippen molar-refractivity contribution in [1.29, 1.82) is 0 Å². The number of para-hydroxylation sites is 2. The number of nitrogens with two attached hydrogens (primary N) is 1. The number of nitrogens with one attached hydrogen (secondary N) is 1.